The lowest BCUT2D eigenvalue weighted by atomic mass is 10.1. The molecule has 2 heterocycles. The Labute approximate surface area is 119 Å². The summed E-state index contributed by atoms with van der Waals surface area (Å²) in [6.45, 7) is 3.71. The van der Waals surface area contributed by atoms with E-state index in [2.05, 4.69) is 22.3 Å². The predicted molar refractivity (Wildman–Crippen MR) is 76.6 cm³/mol. The van der Waals surface area contributed by atoms with Gasteiger partial charge in [-0.3, -0.25) is 0 Å². The third-order valence-corrected chi connectivity index (χ3v) is 3.66. The van der Waals surface area contributed by atoms with E-state index in [1.54, 1.807) is 11.0 Å². The molecule has 0 saturated carbocycles. The van der Waals surface area contributed by atoms with Gasteiger partial charge in [-0.15, -0.1) is 5.10 Å². The smallest absolute Gasteiger partial charge is 0.164 e. The highest BCUT2D eigenvalue weighted by Gasteiger charge is 2.22. The lowest BCUT2D eigenvalue weighted by Gasteiger charge is -2.19. The molecule has 1 saturated heterocycles. The maximum absolute atomic E-state index is 5.67. The van der Waals surface area contributed by atoms with Gasteiger partial charge in [0.15, 0.2) is 5.82 Å². The van der Waals surface area contributed by atoms with Crippen LogP contribution in [0.15, 0.2) is 36.7 Å². The molecule has 0 radical (unpaired) electrons. The highest BCUT2D eigenvalue weighted by molar-refractivity contribution is 5.29. The summed E-state index contributed by atoms with van der Waals surface area (Å²) in [4.78, 5) is 4.34. The second-order valence-corrected chi connectivity index (χ2v) is 5.16. The zero-order valence-corrected chi connectivity index (χ0v) is 11.7. The maximum atomic E-state index is 5.67. The Hall–Kier alpha value is -1.72. The topological polar surface area (TPSA) is 52.0 Å². The van der Waals surface area contributed by atoms with Crippen LogP contribution in [-0.2, 0) is 11.3 Å². The molecule has 0 aliphatic carbocycles. The monoisotopic (exact) mass is 272 g/mol. The van der Waals surface area contributed by atoms with Crippen molar-refractivity contribution in [2.75, 3.05) is 6.61 Å². The second kappa shape index (κ2) is 6.15. The summed E-state index contributed by atoms with van der Waals surface area (Å²) in [5, 5.41) is 7.92. The van der Waals surface area contributed by atoms with Crippen LogP contribution in [0.3, 0.4) is 0 Å². The van der Waals surface area contributed by atoms with Crippen LogP contribution in [0.1, 0.15) is 25.6 Å². The summed E-state index contributed by atoms with van der Waals surface area (Å²) in [5.41, 5.74) is 1.03. The van der Waals surface area contributed by atoms with Crippen LogP contribution in [0, 0.1) is 0 Å². The maximum Gasteiger partial charge on any atom is 0.164 e. The summed E-state index contributed by atoms with van der Waals surface area (Å²) >= 11 is 0. The molecular weight excluding hydrogens is 252 g/mol. The first kappa shape index (κ1) is 13.3. The van der Waals surface area contributed by atoms with Gasteiger partial charge in [0.25, 0.3) is 0 Å². The molecule has 20 heavy (non-hydrogen) atoms. The van der Waals surface area contributed by atoms with E-state index in [-0.39, 0.29) is 0 Å². The number of hydrogen-bond acceptors (Lipinski definition) is 4. The van der Waals surface area contributed by atoms with Crippen LogP contribution in [0.2, 0.25) is 0 Å². The highest BCUT2D eigenvalue weighted by atomic mass is 16.5. The van der Waals surface area contributed by atoms with Gasteiger partial charge in [0.1, 0.15) is 6.33 Å². The largest absolute Gasteiger partial charge is 0.377 e. The fourth-order valence-electron chi connectivity index (χ4n) is 2.46. The van der Waals surface area contributed by atoms with Crippen LogP contribution in [0.5, 0.6) is 0 Å². The summed E-state index contributed by atoms with van der Waals surface area (Å²) in [5.74, 6) is 0.804. The fraction of sp³-hybridized carbons (Fsp3) is 0.467. The molecule has 2 atom stereocenters. The Balaban J connectivity index is 1.57. The number of benzene rings is 1. The molecule has 5 nitrogen and oxygen atoms in total. The molecule has 0 amide bonds. The molecule has 1 aliphatic heterocycles. The molecule has 1 aromatic heterocycles. The Morgan fingerprint density at radius 2 is 2.25 bits per heavy atom. The Morgan fingerprint density at radius 1 is 1.40 bits per heavy atom. The van der Waals surface area contributed by atoms with Crippen LogP contribution < -0.4 is 5.32 Å². The number of aromatic nitrogens is 3. The van der Waals surface area contributed by atoms with Gasteiger partial charge in [-0.1, -0.05) is 18.2 Å². The molecule has 0 spiro atoms. The van der Waals surface area contributed by atoms with Crippen molar-refractivity contribution >= 4 is 0 Å². The molecule has 0 unspecified atom stereocenters. The van der Waals surface area contributed by atoms with Crippen molar-refractivity contribution in [3.8, 4) is 5.69 Å². The first-order chi connectivity index (χ1) is 9.83. The first-order valence-electron chi connectivity index (χ1n) is 7.14. The minimum absolute atomic E-state index is 0.325. The second-order valence-electron chi connectivity index (χ2n) is 5.16. The Morgan fingerprint density at radius 3 is 3.00 bits per heavy atom. The SMILES string of the molecule is C[C@H](NCc1ncn(-c2ccccc2)n1)[C@@H]1CCCO1. The average molecular weight is 272 g/mol. The van der Waals surface area contributed by atoms with E-state index in [0.29, 0.717) is 18.7 Å². The van der Waals surface area contributed by atoms with Gasteiger partial charge in [0.05, 0.1) is 18.3 Å². The van der Waals surface area contributed by atoms with Crippen LogP contribution >= 0.6 is 0 Å². The summed E-state index contributed by atoms with van der Waals surface area (Å²) in [6.07, 6.45) is 4.38. The van der Waals surface area contributed by atoms with E-state index in [4.69, 9.17) is 4.74 Å². The Kier molecular flexibility index (Phi) is 4.08. The van der Waals surface area contributed by atoms with Crippen molar-refractivity contribution in [1.29, 1.82) is 0 Å². The van der Waals surface area contributed by atoms with Crippen molar-refractivity contribution < 1.29 is 4.74 Å². The molecule has 1 aliphatic rings. The van der Waals surface area contributed by atoms with Crippen molar-refractivity contribution in [3.05, 3.63) is 42.5 Å². The molecule has 106 valence electrons. The van der Waals surface area contributed by atoms with E-state index in [9.17, 15) is 0 Å². The number of nitrogens with zero attached hydrogens (tertiary/aromatic N) is 3. The Bertz CT molecular complexity index is 534. The van der Waals surface area contributed by atoms with E-state index in [1.807, 2.05) is 30.3 Å². The first-order valence-corrected chi connectivity index (χ1v) is 7.14. The van der Waals surface area contributed by atoms with Crippen LogP contribution in [0.4, 0.5) is 0 Å². The van der Waals surface area contributed by atoms with E-state index >= 15 is 0 Å². The van der Waals surface area contributed by atoms with Gasteiger partial charge in [-0.2, -0.15) is 0 Å². The molecule has 1 N–H and O–H groups in total. The van der Waals surface area contributed by atoms with Gasteiger partial charge in [-0.25, -0.2) is 9.67 Å². The van der Waals surface area contributed by atoms with Crippen molar-refractivity contribution in [3.63, 3.8) is 0 Å². The van der Waals surface area contributed by atoms with E-state index in [0.717, 1.165) is 31.0 Å². The summed E-state index contributed by atoms with van der Waals surface area (Å²) in [6, 6.07) is 10.3. The molecule has 0 bridgehead atoms. The molecule has 3 rings (SSSR count). The number of hydrogen-bond donors (Lipinski definition) is 1. The third kappa shape index (κ3) is 3.05. The van der Waals surface area contributed by atoms with Gasteiger partial charge >= 0.3 is 0 Å². The van der Waals surface area contributed by atoms with E-state index in [1.165, 1.54) is 0 Å². The van der Waals surface area contributed by atoms with Gasteiger partial charge < -0.3 is 10.1 Å². The standard InChI is InChI=1S/C15H20N4O/c1-12(14-8-5-9-20-14)16-10-15-17-11-19(18-15)13-6-3-2-4-7-13/h2-4,6-7,11-12,14,16H,5,8-10H2,1H3/t12-,14-/m0/s1. The molecule has 2 aromatic rings. The lowest BCUT2D eigenvalue weighted by molar-refractivity contribution is 0.0830. The van der Waals surface area contributed by atoms with Crippen LogP contribution in [-0.4, -0.2) is 33.5 Å². The number of rotatable bonds is 5. The van der Waals surface area contributed by atoms with Gasteiger partial charge in [0, 0.05) is 12.6 Å². The average Bonchev–Trinajstić information content (AvgIpc) is 3.17. The normalized spacial score (nSPS) is 20.1. The van der Waals surface area contributed by atoms with Crippen LogP contribution in [0.25, 0.3) is 5.69 Å². The zero-order chi connectivity index (χ0) is 13.8. The quantitative estimate of drug-likeness (QED) is 0.903. The molecule has 5 heteroatoms. The van der Waals surface area contributed by atoms with Crippen molar-refractivity contribution in [1.82, 2.24) is 20.1 Å². The predicted octanol–water partition coefficient (Wildman–Crippen LogP) is 1.92. The van der Waals surface area contributed by atoms with Gasteiger partial charge in [-0.05, 0) is 31.9 Å². The molecular formula is C15H20N4O. The minimum Gasteiger partial charge on any atom is -0.377 e. The third-order valence-electron chi connectivity index (χ3n) is 3.66. The fourth-order valence-corrected chi connectivity index (χ4v) is 2.46. The summed E-state index contributed by atoms with van der Waals surface area (Å²) in [7, 11) is 0. The van der Waals surface area contributed by atoms with E-state index < -0.39 is 0 Å². The molecule has 1 aromatic carbocycles. The number of ether oxygens (including phenoxy) is 1. The lowest BCUT2D eigenvalue weighted by Crippen LogP contribution is -2.36. The van der Waals surface area contributed by atoms with Gasteiger partial charge in [0.2, 0.25) is 0 Å². The van der Waals surface area contributed by atoms with Crippen molar-refractivity contribution in [2.24, 2.45) is 0 Å². The number of nitrogens with one attached hydrogen (secondary N) is 1. The summed E-state index contributed by atoms with van der Waals surface area (Å²) < 4.78 is 7.47. The number of para-hydroxylation sites is 1. The molecule has 1 fully saturated rings. The zero-order valence-electron chi connectivity index (χ0n) is 11.7. The minimum atomic E-state index is 0.325. The van der Waals surface area contributed by atoms with Crippen molar-refractivity contribution in [2.45, 2.75) is 38.5 Å². The highest BCUT2D eigenvalue weighted by Crippen LogP contribution is 2.15.